The van der Waals surface area contributed by atoms with Gasteiger partial charge in [0, 0.05) is 5.56 Å². The highest BCUT2D eigenvalue weighted by Crippen LogP contribution is 2.38. The Hall–Kier alpha value is -3.61. The van der Waals surface area contributed by atoms with E-state index in [0.29, 0.717) is 17.3 Å². The lowest BCUT2D eigenvalue weighted by Crippen LogP contribution is -2.24. The summed E-state index contributed by atoms with van der Waals surface area (Å²) >= 11 is 0. The lowest BCUT2D eigenvalue weighted by atomic mass is 10.0. The van der Waals surface area contributed by atoms with E-state index in [-0.39, 0.29) is 18.2 Å². The van der Waals surface area contributed by atoms with Gasteiger partial charge in [-0.15, -0.1) is 0 Å². The van der Waals surface area contributed by atoms with Crippen LogP contribution in [0.3, 0.4) is 0 Å². The molecule has 29 heavy (non-hydrogen) atoms. The largest absolute Gasteiger partial charge is 0.495 e. The van der Waals surface area contributed by atoms with Gasteiger partial charge in [-0.3, -0.25) is 9.59 Å². The van der Waals surface area contributed by atoms with Gasteiger partial charge in [0.05, 0.1) is 24.9 Å². The Morgan fingerprint density at radius 1 is 1.17 bits per heavy atom. The molecular formula is C22H22N4O3. The first-order chi connectivity index (χ1) is 14.0. The summed E-state index contributed by atoms with van der Waals surface area (Å²) in [6.07, 6.45) is -0.0225. The van der Waals surface area contributed by atoms with Crippen molar-refractivity contribution >= 4 is 23.3 Å². The van der Waals surface area contributed by atoms with Gasteiger partial charge in [0.2, 0.25) is 5.91 Å². The van der Waals surface area contributed by atoms with E-state index in [1.54, 1.807) is 23.9 Å². The molecule has 1 unspecified atom stereocenters. The van der Waals surface area contributed by atoms with Gasteiger partial charge < -0.3 is 15.4 Å². The first-order valence-corrected chi connectivity index (χ1v) is 9.38. The molecule has 0 saturated carbocycles. The second kappa shape index (κ2) is 7.43. The summed E-state index contributed by atoms with van der Waals surface area (Å²) in [6, 6.07) is 14.5. The number of carbonyl (C=O) groups is 2. The van der Waals surface area contributed by atoms with Gasteiger partial charge in [0.25, 0.3) is 5.91 Å². The average Bonchev–Trinajstić information content (AvgIpc) is 3.17. The molecule has 7 heteroatoms. The summed E-state index contributed by atoms with van der Waals surface area (Å²) in [5.74, 6) is 0.670. The molecule has 1 aromatic heterocycles. The molecule has 0 aliphatic carbocycles. The summed E-state index contributed by atoms with van der Waals surface area (Å²) < 4.78 is 6.88. The predicted octanol–water partition coefficient (Wildman–Crippen LogP) is 3.70. The van der Waals surface area contributed by atoms with Crippen molar-refractivity contribution in [2.24, 2.45) is 0 Å². The van der Waals surface area contributed by atoms with Gasteiger partial charge >= 0.3 is 0 Å². The van der Waals surface area contributed by atoms with E-state index < -0.39 is 6.04 Å². The number of rotatable bonds is 5. The zero-order valence-corrected chi connectivity index (χ0v) is 16.5. The maximum atomic E-state index is 12.6. The Balaban J connectivity index is 1.58. The summed E-state index contributed by atoms with van der Waals surface area (Å²) in [5, 5.41) is 10.3. The topological polar surface area (TPSA) is 85.2 Å². The van der Waals surface area contributed by atoms with E-state index in [9.17, 15) is 9.59 Å². The molecule has 148 valence electrons. The quantitative estimate of drug-likeness (QED) is 0.696. The van der Waals surface area contributed by atoms with Crippen LogP contribution in [-0.4, -0.2) is 28.7 Å². The Bertz CT molecular complexity index is 1090. The van der Waals surface area contributed by atoms with Crippen LogP contribution in [0.4, 0.5) is 11.5 Å². The molecule has 7 nitrogen and oxygen atoms in total. The van der Waals surface area contributed by atoms with Crippen LogP contribution in [0.25, 0.3) is 11.1 Å². The van der Waals surface area contributed by atoms with Crippen molar-refractivity contribution in [2.45, 2.75) is 26.3 Å². The SMILES string of the molecule is COc1ccccc1NC(=O)CC1C(=O)Nc2c(-c3ccc(C)cc3)c(C)nn21. The van der Waals surface area contributed by atoms with Gasteiger partial charge in [0.15, 0.2) is 0 Å². The van der Waals surface area contributed by atoms with Crippen LogP contribution in [0.15, 0.2) is 48.5 Å². The summed E-state index contributed by atoms with van der Waals surface area (Å²) in [5.41, 5.74) is 4.39. The maximum absolute atomic E-state index is 12.6. The van der Waals surface area contributed by atoms with Gasteiger partial charge in [-0.25, -0.2) is 4.68 Å². The number of ether oxygens (including phenoxy) is 1. The second-order valence-electron chi connectivity index (χ2n) is 7.08. The summed E-state index contributed by atoms with van der Waals surface area (Å²) in [4.78, 5) is 25.2. The second-order valence-corrected chi connectivity index (χ2v) is 7.08. The van der Waals surface area contributed by atoms with Crippen LogP contribution in [0.1, 0.15) is 23.7 Å². The van der Waals surface area contributed by atoms with E-state index in [2.05, 4.69) is 15.7 Å². The minimum absolute atomic E-state index is 0.0225. The Morgan fingerprint density at radius 2 is 1.90 bits per heavy atom. The normalized spacial score (nSPS) is 15.0. The zero-order valence-electron chi connectivity index (χ0n) is 16.5. The minimum atomic E-state index is -0.697. The number of fused-ring (bicyclic) bond motifs is 1. The van der Waals surface area contributed by atoms with Crippen molar-refractivity contribution in [1.29, 1.82) is 0 Å². The molecule has 1 aliphatic rings. The first-order valence-electron chi connectivity index (χ1n) is 9.38. The van der Waals surface area contributed by atoms with Gasteiger partial charge in [0.1, 0.15) is 17.6 Å². The van der Waals surface area contributed by atoms with Crippen molar-refractivity contribution in [3.63, 3.8) is 0 Å². The molecule has 3 aromatic rings. The third kappa shape index (κ3) is 3.47. The van der Waals surface area contributed by atoms with Crippen LogP contribution in [0.5, 0.6) is 5.75 Å². The number of amides is 2. The van der Waals surface area contributed by atoms with Gasteiger partial charge in [-0.2, -0.15) is 5.10 Å². The standard InChI is InChI=1S/C22H22N4O3/c1-13-8-10-15(11-9-13)20-14(2)25-26-17(22(28)24-21(20)26)12-19(27)23-16-6-4-5-7-18(16)29-3/h4-11,17H,12H2,1-3H3,(H,23,27)(H,24,28). The van der Waals surface area contributed by atoms with Gasteiger partial charge in [-0.05, 0) is 31.5 Å². The van der Waals surface area contributed by atoms with E-state index in [0.717, 1.165) is 22.4 Å². The molecule has 0 spiro atoms. The smallest absolute Gasteiger partial charge is 0.251 e. The van der Waals surface area contributed by atoms with E-state index in [1.807, 2.05) is 50.2 Å². The molecule has 0 saturated heterocycles. The van der Waals surface area contributed by atoms with Crippen LogP contribution in [0.2, 0.25) is 0 Å². The summed E-state index contributed by atoms with van der Waals surface area (Å²) in [6.45, 7) is 3.93. The summed E-state index contributed by atoms with van der Waals surface area (Å²) in [7, 11) is 1.54. The number of benzene rings is 2. The lowest BCUT2D eigenvalue weighted by molar-refractivity contribution is -0.123. The highest BCUT2D eigenvalue weighted by molar-refractivity contribution is 6.04. The molecule has 2 aromatic carbocycles. The third-order valence-corrected chi connectivity index (χ3v) is 5.02. The monoisotopic (exact) mass is 390 g/mol. The number of aromatic nitrogens is 2. The molecule has 1 aliphatic heterocycles. The predicted molar refractivity (Wildman–Crippen MR) is 111 cm³/mol. The number of hydrogen-bond donors (Lipinski definition) is 2. The van der Waals surface area contributed by atoms with E-state index in [1.165, 1.54) is 0 Å². The van der Waals surface area contributed by atoms with Gasteiger partial charge in [-0.1, -0.05) is 42.0 Å². The Morgan fingerprint density at radius 3 is 2.62 bits per heavy atom. The molecule has 4 rings (SSSR count). The van der Waals surface area contributed by atoms with E-state index in [4.69, 9.17) is 4.74 Å². The van der Waals surface area contributed by atoms with Crippen LogP contribution in [0, 0.1) is 13.8 Å². The number of nitrogens with zero attached hydrogens (tertiary/aromatic N) is 2. The fourth-order valence-corrected chi connectivity index (χ4v) is 3.57. The highest BCUT2D eigenvalue weighted by Gasteiger charge is 2.36. The third-order valence-electron chi connectivity index (χ3n) is 5.02. The first kappa shape index (κ1) is 18.7. The van der Waals surface area contributed by atoms with Crippen molar-refractivity contribution in [3.8, 4) is 16.9 Å². The van der Waals surface area contributed by atoms with Crippen molar-refractivity contribution in [2.75, 3.05) is 17.7 Å². The fourth-order valence-electron chi connectivity index (χ4n) is 3.57. The number of aryl methyl sites for hydroxylation is 2. The minimum Gasteiger partial charge on any atom is -0.495 e. The fraction of sp³-hybridized carbons (Fsp3) is 0.227. The number of para-hydroxylation sites is 2. The highest BCUT2D eigenvalue weighted by atomic mass is 16.5. The maximum Gasteiger partial charge on any atom is 0.251 e. The Labute approximate surface area is 168 Å². The van der Waals surface area contributed by atoms with Crippen molar-refractivity contribution in [3.05, 3.63) is 59.8 Å². The number of hydrogen-bond acceptors (Lipinski definition) is 4. The van der Waals surface area contributed by atoms with Crippen molar-refractivity contribution in [1.82, 2.24) is 9.78 Å². The number of methoxy groups -OCH3 is 1. The molecule has 2 N–H and O–H groups in total. The molecule has 2 amide bonds. The average molecular weight is 390 g/mol. The molecule has 1 atom stereocenters. The number of anilines is 2. The molecule has 2 heterocycles. The molecular weight excluding hydrogens is 368 g/mol. The van der Waals surface area contributed by atoms with Crippen molar-refractivity contribution < 1.29 is 14.3 Å². The molecule has 0 radical (unpaired) electrons. The Kier molecular flexibility index (Phi) is 4.80. The molecule has 0 bridgehead atoms. The van der Waals surface area contributed by atoms with Crippen LogP contribution >= 0.6 is 0 Å². The number of nitrogens with one attached hydrogen (secondary N) is 2. The van der Waals surface area contributed by atoms with E-state index >= 15 is 0 Å². The van der Waals surface area contributed by atoms with Crippen LogP contribution < -0.4 is 15.4 Å². The zero-order chi connectivity index (χ0) is 20.5. The number of carbonyl (C=O) groups excluding carboxylic acids is 2. The lowest BCUT2D eigenvalue weighted by Gasteiger charge is -2.12. The molecule has 0 fully saturated rings. The van der Waals surface area contributed by atoms with Crippen LogP contribution in [-0.2, 0) is 9.59 Å².